The Bertz CT molecular complexity index is 661. The zero-order valence-corrected chi connectivity index (χ0v) is 13.5. The van der Waals surface area contributed by atoms with E-state index in [-0.39, 0.29) is 0 Å². The van der Waals surface area contributed by atoms with Crippen LogP contribution in [0.2, 0.25) is 0 Å². The minimum atomic E-state index is 0.658. The number of halogens is 1. The Balaban J connectivity index is 2.20. The third-order valence-corrected chi connectivity index (χ3v) is 4.05. The van der Waals surface area contributed by atoms with Gasteiger partial charge >= 0.3 is 0 Å². The highest BCUT2D eigenvalue weighted by Crippen LogP contribution is 2.25. The van der Waals surface area contributed by atoms with Gasteiger partial charge in [-0.3, -0.25) is 0 Å². The Morgan fingerprint density at radius 3 is 2.30 bits per heavy atom. The molecule has 0 saturated heterocycles. The zero-order valence-electron chi connectivity index (χ0n) is 11.9. The van der Waals surface area contributed by atoms with Crippen molar-refractivity contribution in [1.29, 1.82) is 5.26 Å². The minimum Gasteiger partial charge on any atom is -0.380 e. The number of nitrogens with one attached hydrogen (secondary N) is 1. The van der Waals surface area contributed by atoms with Gasteiger partial charge in [0.2, 0.25) is 0 Å². The lowest BCUT2D eigenvalue weighted by Gasteiger charge is -2.14. The van der Waals surface area contributed by atoms with E-state index in [4.69, 9.17) is 5.26 Å². The number of rotatable bonds is 3. The summed E-state index contributed by atoms with van der Waals surface area (Å²) < 4.78 is 0.916. The maximum Gasteiger partial charge on any atom is 0.0992 e. The standard InChI is InChI=1S/C17H17BrN2/c1-11-6-12(2)15(13(3)7-11)10-20-17-5-4-14(9-19)8-16(17)18/h4-8,20H,10H2,1-3H3. The fraction of sp³-hybridized carbons (Fsp3) is 0.235. The molecular formula is C17H17BrN2. The van der Waals surface area contributed by atoms with Gasteiger partial charge in [0.25, 0.3) is 0 Å². The molecule has 0 fully saturated rings. The van der Waals surface area contributed by atoms with Crippen molar-refractivity contribution in [3.8, 4) is 6.07 Å². The molecule has 2 aromatic carbocycles. The fourth-order valence-electron chi connectivity index (χ4n) is 2.40. The Kier molecular flexibility index (Phi) is 4.46. The average molecular weight is 329 g/mol. The van der Waals surface area contributed by atoms with Crippen LogP contribution < -0.4 is 5.32 Å². The summed E-state index contributed by atoms with van der Waals surface area (Å²) in [7, 11) is 0. The van der Waals surface area contributed by atoms with E-state index in [1.165, 1.54) is 22.3 Å². The van der Waals surface area contributed by atoms with Crippen molar-refractivity contribution >= 4 is 21.6 Å². The SMILES string of the molecule is Cc1cc(C)c(CNc2ccc(C#N)cc2Br)c(C)c1. The fourth-order valence-corrected chi connectivity index (χ4v) is 2.92. The van der Waals surface area contributed by atoms with Gasteiger partial charge in [-0.05, 0) is 71.6 Å². The van der Waals surface area contributed by atoms with E-state index in [1.54, 1.807) is 0 Å². The lowest BCUT2D eigenvalue weighted by atomic mass is 10.00. The van der Waals surface area contributed by atoms with Crippen LogP contribution in [0.3, 0.4) is 0 Å². The van der Waals surface area contributed by atoms with E-state index >= 15 is 0 Å². The van der Waals surface area contributed by atoms with E-state index in [2.05, 4.69) is 60.2 Å². The highest BCUT2D eigenvalue weighted by molar-refractivity contribution is 9.10. The van der Waals surface area contributed by atoms with Crippen LogP contribution >= 0.6 is 15.9 Å². The molecule has 0 aliphatic rings. The molecule has 0 atom stereocenters. The Hall–Kier alpha value is -1.79. The molecule has 0 unspecified atom stereocenters. The molecule has 0 saturated carbocycles. The van der Waals surface area contributed by atoms with Crippen LogP contribution in [0.15, 0.2) is 34.8 Å². The first-order valence-corrected chi connectivity index (χ1v) is 7.31. The van der Waals surface area contributed by atoms with Gasteiger partial charge in [-0.2, -0.15) is 5.26 Å². The minimum absolute atomic E-state index is 0.658. The van der Waals surface area contributed by atoms with E-state index in [1.807, 2.05) is 18.2 Å². The molecule has 102 valence electrons. The second-order valence-corrected chi connectivity index (χ2v) is 5.89. The molecule has 0 bridgehead atoms. The Labute approximate surface area is 128 Å². The second-order valence-electron chi connectivity index (χ2n) is 5.04. The first kappa shape index (κ1) is 14.6. The Morgan fingerprint density at radius 1 is 1.10 bits per heavy atom. The van der Waals surface area contributed by atoms with Gasteiger partial charge in [0, 0.05) is 16.7 Å². The van der Waals surface area contributed by atoms with Gasteiger partial charge in [-0.1, -0.05) is 17.7 Å². The monoisotopic (exact) mass is 328 g/mol. The Morgan fingerprint density at radius 2 is 1.75 bits per heavy atom. The molecule has 0 spiro atoms. The molecule has 0 aromatic heterocycles. The lowest BCUT2D eigenvalue weighted by molar-refractivity contribution is 1.08. The van der Waals surface area contributed by atoms with Crippen LogP contribution in [0.1, 0.15) is 27.8 Å². The maximum absolute atomic E-state index is 8.87. The highest BCUT2D eigenvalue weighted by atomic mass is 79.9. The third kappa shape index (κ3) is 3.20. The predicted molar refractivity (Wildman–Crippen MR) is 86.8 cm³/mol. The van der Waals surface area contributed by atoms with E-state index in [0.29, 0.717) is 5.56 Å². The molecule has 0 radical (unpaired) electrons. The zero-order chi connectivity index (χ0) is 14.7. The van der Waals surface area contributed by atoms with Crippen molar-refractivity contribution in [3.05, 3.63) is 62.6 Å². The first-order chi connectivity index (χ1) is 9.51. The van der Waals surface area contributed by atoms with Crippen molar-refractivity contribution < 1.29 is 0 Å². The van der Waals surface area contributed by atoms with Gasteiger partial charge in [-0.15, -0.1) is 0 Å². The van der Waals surface area contributed by atoms with Crippen molar-refractivity contribution in [1.82, 2.24) is 0 Å². The van der Waals surface area contributed by atoms with Gasteiger partial charge in [0.1, 0.15) is 0 Å². The summed E-state index contributed by atoms with van der Waals surface area (Å²) in [4.78, 5) is 0. The van der Waals surface area contributed by atoms with Crippen LogP contribution in [-0.4, -0.2) is 0 Å². The molecule has 0 heterocycles. The summed E-state index contributed by atoms with van der Waals surface area (Å²) in [5.74, 6) is 0. The number of aryl methyl sites for hydroxylation is 3. The van der Waals surface area contributed by atoms with E-state index in [9.17, 15) is 0 Å². The van der Waals surface area contributed by atoms with Crippen molar-refractivity contribution in [3.63, 3.8) is 0 Å². The first-order valence-electron chi connectivity index (χ1n) is 6.51. The molecule has 2 nitrogen and oxygen atoms in total. The molecule has 2 rings (SSSR count). The quantitative estimate of drug-likeness (QED) is 0.873. The topological polar surface area (TPSA) is 35.8 Å². The summed E-state index contributed by atoms with van der Waals surface area (Å²) in [5.41, 5.74) is 6.89. The predicted octanol–water partition coefficient (Wildman–Crippen LogP) is 4.86. The van der Waals surface area contributed by atoms with Gasteiger partial charge < -0.3 is 5.32 Å². The molecule has 0 aliphatic carbocycles. The molecule has 20 heavy (non-hydrogen) atoms. The van der Waals surface area contributed by atoms with Gasteiger partial charge in [-0.25, -0.2) is 0 Å². The van der Waals surface area contributed by atoms with Crippen LogP contribution in [-0.2, 0) is 6.54 Å². The highest BCUT2D eigenvalue weighted by Gasteiger charge is 2.06. The van der Waals surface area contributed by atoms with Crippen LogP contribution in [0.5, 0.6) is 0 Å². The summed E-state index contributed by atoms with van der Waals surface area (Å²) in [6, 6.07) is 12.1. The maximum atomic E-state index is 8.87. The summed E-state index contributed by atoms with van der Waals surface area (Å²) >= 11 is 3.50. The number of nitriles is 1. The van der Waals surface area contributed by atoms with Crippen LogP contribution in [0, 0.1) is 32.1 Å². The molecule has 3 heteroatoms. The number of anilines is 1. The molecule has 0 aliphatic heterocycles. The summed E-state index contributed by atoms with van der Waals surface area (Å²) in [6.07, 6.45) is 0. The molecule has 0 amide bonds. The largest absolute Gasteiger partial charge is 0.380 e. The number of hydrogen-bond donors (Lipinski definition) is 1. The van der Waals surface area contributed by atoms with Gasteiger partial charge in [0.05, 0.1) is 11.6 Å². The second kappa shape index (κ2) is 6.11. The smallest absolute Gasteiger partial charge is 0.0992 e. The molecule has 2 aromatic rings. The van der Waals surface area contributed by atoms with E-state index < -0.39 is 0 Å². The molecular weight excluding hydrogens is 312 g/mol. The number of nitrogens with zero attached hydrogens (tertiary/aromatic N) is 1. The van der Waals surface area contributed by atoms with Crippen LogP contribution in [0.25, 0.3) is 0 Å². The van der Waals surface area contributed by atoms with Crippen molar-refractivity contribution in [2.45, 2.75) is 27.3 Å². The summed E-state index contributed by atoms with van der Waals surface area (Å²) in [6.45, 7) is 7.19. The van der Waals surface area contributed by atoms with Crippen LogP contribution in [0.4, 0.5) is 5.69 Å². The van der Waals surface area contributed by atoms with Crippen molar-refractivity contribution in [2.75, 3.05) is 5.32 Å². The lowest BCUT2D eigenvalue weighted by Crippen LogP contribution is -2.04. The number of benzene rings is 2. The van der Waals surface area contributed by atoms with E-state index in [0.717, 1.165) is 16.7 Å². The normalized spacial score (nSPS) is 10.2. The summed E-state index contributed by atoms with van der Waals surface area (Å²) in [5, 5.41) is 12.3. The average Bonchev–Trinajstić information content (AvgIpc) is 2.39. The number of hydrogen-bond acceptors (Lipinski definition) is 2. The molecule has 1 N–H and O–H groups in total. The third-order valence-electron chi connectivity index (χ3n) is 3.39. The van der Waals surface area contributed by atoms with Crippen molar-refractivity contribution in [2.24, 2.45) is 0 Å². The van der Waals surface area contributed by atoms with Gasteiger partial charge in [0.15, 0.2) is 0 Å².